The number of nitrogens with one attached hydrogen (secondary N) is 2. The van der Waals surface area contributed by atoms with E-state index in [4.69, 9.17) is 14.9 Å². The van der Waals surface area contributed by atoms with Gasteiger partial charge in [0.15, 0.2) is 17.2 Å². The molecule has 2 aliphatic rings. The summed E-state index contributed by atoms with van der Waals surface area (Å²) >= 11 is 2.89. The van der Waals surface area contributed by atoms with E-state index in [-0.39, 0.29) is 17.2 Å². The minimum atomic E-state index is -0.615. The Morgan fingerprint density at radius 3 is 2.77 bits per heavy atom. The first kappa shape index (κ1) is 25.8. The molecular formula is C27H31N6O4S2+. The summed E-state index contributed by atoms with van der Waals surface area (Å²) in [6.07, 6.45) is 6.15. The lowest BCUT2D eigenvalue weighted by molar-refractivity contribution is -0.427. The minimum Gasteiger partial charge on any atom is -0.439 e. The number of carbonyl (C=O) groups is 1. The summed E-state index contributed by atoms with van der Waals surface area (Å²) in [5, 5.41) is 10.8. The summed E-state index contributed by atoms with van der Waals surface area (Å²) in [7, 11) is 0. The second-order valence-corrected chi connectivity index (χ2v) is 11.7. The molecule has 1 amide bonds. The van der Waals surface area contributed by atoms with E-state index in [1.807, 2.05) is 27.8 Å². The third kappa shape index (κ3) is 5.24. The van der Waals surface area contributed by atoms with Crippen molar-refractivity contribution < 1.29 is 19.7 Å². The van der Waals surface area contributed by atoms with E-state index < -0.39 is 5.91 Å². The summed E-state index contributed by atoms with van der Waals surface area (Å²) in [5.74, 6) is -0.0670. The van der Waals surface area contributed by atoms with Crippen LogP contribution >= 0.6 is 22.7 Å². The van der Waals surface area contributed by atoms with Gasteiger partial charge in [0.2, 0.25) is 5.43 Å². The molecule has 0 spiro atoms. The van der Waals surface area contributed by atoms with Gasteiger partial charge < -0.3 is 36.2 Å². The second kappa shape index (κ2) is 11.0. The van der Waals surface area contributed by atoms with Crippen molar-refractivity contribution in [3.8, 4) is 10.4 Å². The van der Waals surface area contributed by atoms with Gasteiger partial charge in [-0.2, -0.15) is 0 Å². The number of carbonyl (C=O) groups excluding carboxylic acids is 1. The second-order valence-electron chi connectivity index (χ2n) is 9.92. The van der Waals surface area contributed by atoms with Crippen LogP contribution in [0.1, 0.15) is 36.2 Å². The first-order chi connectivity index (χ1) is 19.0. The number of hydrogen-bond acceptors (Lipinski definition) is 10. The molecule has 7 N–H and O–H groups in total. The molecule has 1 aliphatic heterocycles. The predicted octanol–water partition coefficient (Wildman–Crippen LogP) is 3.62. The fourth-order valence-corrected chi connectivity index (χ4v) is 7.07. The van der Waals surface area contributed by atoms with Gasteiger partial charge >= 0.3 is 0 Å². The van der Waals surface area contributed by atoms with Crippen LogP contribution in [0, 0.1) is 0 Å². The Hall–Kier alpha value is -3.45. The van der Waals surface area contributed by atoms with Crippen LogP contribution in [0.4, 0.5) is 22.9 Å². The molecule has 4 aromatic heterocycles. The van der Waals surface area contributed by atoms with E-state index in [2.05, 4.69) is 21.4 Å². The van der Waals surface area contributed by atoms with Gasteiger partial charge in [0.25, 0.3) is 5.91 Å². The first-order valence-electron chi connectivity index (χ1n) is 13.1. The molecule has 1 saturated heterocycles. The number of ether oxygens (including phenoxy) is 1. The number of fused-ring (bicyclic) bond motifs is 1. The molecular weight excluding hydrogens is 536 g/mol. The minimum absolute atomic E-state index is 0.0644. The van der Waals surface area contributed by atoms with E-state index in [0.29, 0.717) is 54.2 Å². The van der Waals surface area contributed by atoms with Crippen molar-refractivity contribution in [2.45, 2.75) is 37.8 Å². The van der Waals surface area contributed by atoms with Gasteiger partial charge in [-0.1, -0.05) is 6.42 Å². The van der Waals surface area contributed by atoms with Crippen LogP contribution in [0.25, 0.3) is 20.7 Å². The molecule has 6 rings (SSSR count). The van der Waals surface area contributed by atoms with Crippen molar-refractivity contribution in [2.75, 3.05) is 41.8 Å². The molecule has 0 radical (unpaired) electrons. The zero-order chi connectivity index (χ0) is 26.9. The summed E-state index contributed by atoms with van der Waals surface area (Å²) in [6, 6.07) is 5.94. The van der Waals surface area contributed by atoms with Gasteiger partial charge in [-0.3, -0.25) is 9.59 Å². The molecule has 0 bridgehead atoms. The van der Waals surface area contributed by atoms with Crippen molar-refractivity contribution in [1.29, 1.82) is 0 Å². The Morgan fingerprint density at radius 2 is 1.97 bits per heavy atom. The van der Waals surface area contributed by atoms with E-state index in [1.54, 1.807) is 12.3 Å². The molecule has 1 aliphatic carbocycles. The highest BCUT2D eigenvalue weighted by atomic mass is 32.1. The van der Waals surface area contributed by atoms with Gasteiger partial charge in [-0.15, -0.1) is 22.7 Å². The molecule has 5 heterocycles. The monoisotopic (exact) mass is 567 g/mol. The molecule has 4 aromatic rings. The molecule has 2 atom stereocenters. The maximum absolute atomic E-state index is 13.0. The number of nitrogens with zero attached hydrogens (tertiary/aromatic N) is 2. The number of thiophene rings is 2. The number of hydrogen-bond donors (Lipinski definition) is 4. The standard InChI is InChI=1S/C27H30N6O4S2/c28-17-3-1-2-4-18(17)31-15-11-20(23(27(29)35)30-13-15)32-19-5-10-38-25(19)16-14-39-26-21(34)12-22(37-24(16)26)33-6-8-36-9-7-33/h5,10-14,17-18,31-32H,1-4,6-9,28H2,(H2,29,35)/p+1/t17-,18+/m1/s1. The number of anilines is 4. The quantitative estimate of drug-likeness (QED) is 0.264. The zero-order valence-electron chi connectivity index (χ0n) is 21.4. The Balaban J connectivity index is 1.34. The van der Waals surface area contributed by atoms with Crippen LogP contribution in [0.15, 0.2) is 44.4 Å². The SMILES string of the molecule is NC(=O)c1ncc(N[C@H]2CCCC[C@H]2[NH3+])cc1Nc1ccsc1-c1csc2c(=O)cc(N3CCOCC3)oc12. The van der Waals surface area contributed by atoms with Gasteiger partial charge in [0.05, 0.1) is 47.4 Å². The summed E-state index contributed by atoms with van der Waals surface area (Å²) in [4.78, 5) is 32.5. The largest absolute Gasteiger partial charge is 0.439 e. The van der Waals surface area contributed by atoms with Gasteiger partial charge in [-0.25, -0.2) is 4.98 Å². The predicted molar refractivity (Wildman–Crippen MR) is 155 cm³/mol. The van der Waals surface area contributed by atoms with Crippen molar-refractivity contribution in [1.82, 2.24) is 4.98 Å². The fourth-order valence-electron chi connectivity index (χ4n) is 5.23. The highest BCUT2D eigenvalue weighted by Crippen LogP contribution is 2.42. The number of aromatic nitrogens is 1. The van der Waals surface area contributed by atoms with Crippen molar-refractivity contribution in [3.63, 3.8) is 0 Å². The number of quaternary nitrogens is 1. The van der Waals surface area contributed by atoms with Crippen LogP contribution in [-0.4, -0.2) is 49.3 Å². The van der Waals surface area contributed by atoms with E-state index in [0.717, 1.165) is 41.1 Å². The Kier molecular flexibility index (Phi) is 7.26. The van der Waals surface area contributed by atoms with Crippen molar-refractivity contribution >= 4 is 61.8 Å². The summed E-state index contributed by atoms with van der Waals surface area (Å²) in [5.41, 5.74) is 13.5. The average molecular weight is 568 g/mol. The van der Waals surface area contributed by atoms with E-state index in [1.165, 1.54) is 29.1 Å². The molecule has 204 valence electrons. The summed E-state index contributed by atoms with van der Waals surface area (Å²) in [6.45, 7) is 2.53. The molecule has 10 nitrogen and oxygen atoms in total. The van der Waals surface area contributed by atoms with Gasteiger partial charge in [0, 0.05) is 36.5 Å². The van der Waals surface area contributed by atoms with Crippen LogP contribution in [0.2, 0.25) is 0 Å². The van der Waals surface area contributed by atoms with Crippen LogP contribution in [0.3, 0.4) is 0 Å². The Bertz CT molecular complexity index is 1560. The number of primary amides is 1. The zero-order valence-corrected chi connectivity index (χ0v) is 23.0. The van der Waals surface area contributed by atoms with Crippen LogP contribution in [0.5, 0.6) is 0 Å². The molecule has 1 saturated carbocycles. The van der Waals surface area contributed by atoms with Crippen LogP contribution < -0.4 is 32.4 Å². The van der Waals surface area contributed by atoms with Crippen molar-refractivity contribution in [3.05, 3.63) is 51.1 Å². The Morgan fingerprint density at radius 1 is 1.15 bits per heavy atom. The third-order valence-corrected chi connectivity index (χ3v) is 9.24. The molecule has 39 heavy (non-hydrogen) atoms. The highest BCUT2D eigenvalue weighted by Gasteiger charge is 2.26. The molecule has 0 aromatic carbocycles. The highest BCUT2D eigenvalue weighted by molar-refractivity contribution is 7.19. The normalized spacial score (nSPS) is 19.8. The average Bonchev–Trinajstić information content (AvgIpc) is 3.57. The van der Waals surface area contributed by atoms with E-state index in [9.17, 15) is 9.59 Å². The lowest BCUT2D eigenvalue weighted by atomic mass is 9.91. The molecule has 2 fully saturated rings. The third-order valence-electron chi connectivity index (χ3n) is 7.31. The number of pyridine rings is 1. The lowest BCUT2D eigenvalue weighted by Crippen LogP contribution is -2.68. The fraction of sp³-hybridized carbons (Fsp3) is 0.370. The first-order valence-corrected chi connectivity index (χ1v) is 14.9. The number of nitrogens with two attached hydrogens (primary N) is 1. The van der Waals surface area contributed by atoms with Crippen LogP contribution in [-0.2, 0) is 4.74 Å². The Labute approximate surface area is 233 Å². The summed E-state index contributed by atoms with van der Waals surface area (Å²) < 4.78 is 12.3. The lowest BCUT2D eigenvalue weighted by Gasteiger charge is -2.27. The van der Waals surface area contributed by atoms with E-state index >= 15 is 0 Å². The maximum Gasteiger partial charge on any atom is 0.269 e. The number of morpholine rings is 1. The van der Waals surface area contributed by atoms with Gasteiger partial charge in [0.1, 0.15) is 10.7 Å². The van der Waals surface area contributed by atoms with Crippen molar-refractivity contribution in [2.24, 2.45) is 5.73 Å². The van der Waals surface area contributed by atoms with Gasteiger partial charge in [-0.05, 0) is 30.4 Å². The molecule has 12 heteroatoms. The maximum atomic E-state index is 13.0. The number of rotatable bonds is 7. The smallest absolute Gasteiger partial charge is 0.269 e. The molecule has 0 unspecified atom stereocenters. The number of amides is 1. The topological polar surface area (TPSA) is 150 Å².